The van der Waals surface area contributed by atoms with Crippen LogP contribution in [0.25, 0.3) is 0 Å². The third kappa shape index (κ3) is 3.21. The molecule has 0 aromatic rings. The first-order valence-electron chi connectivity index (χ1n) is 3.31. The van der Waals surface area contributed by atoms with Crippen LogP contribution >= 0.6 is 35.3 Å². The Hall–Kier alpha value is 0.720. The fraction of sp³-hybridized carbons (Fsp3) is 0.833. The van der Waals surface area contributed by atoms with Gasteiger partial charge in [0.05, 0.1) is 5.08 Å². The number of thioether (sulfide) groups is 3. The third-order valence-corrected chi connectivity index (χ3v) is 4.33. The van der Waals surface area contributed by atoms with Crippen LogP contribution in [0.2, 0.25) is 0 Å². The summed E-state index contributed by atoms with van der Waals surface area (Å²) in [6, 6.07) is 0. The van der Waals surface area contributed by atoms with Gasteiger partial charge < -0.3 is 0 Å². The molecule has 0 bridgehead atoms. The third-order valence-electron chi connectivity index (χ3n) is 1.05. The molecule has 0 radical (unpaired) electrons. The van der Waals surface area contributed by atoms with Gasteiger partial charge in [-0.2, -0.15) is 11.8 Å². The molecule has 1 heterocycles. The van der Waals surface area contributed by atoms with Crippen molar-refractivity contribution >= 4 is 39.7 Å². The molecule has 0 aromatic heterocycles. The van der Waals surface area contributed by atoms with Crippen LogP contribution in [0.15, 0.2) is 4.99 Å². The first-order chi connectivity index (χ1) is 4.93. The molecule has 0 unspecified atom stereocenters. The van der Waals surface area contributed by atoms with Gasteiger partial charge in [-0.1, -0.05) is 30.4 Å². The Morgan fingerprint density at radius 3 is 2.90 bits per heavy atom. The highest BCUT2D eigenvalue weighted by molar-refractivity contribution is 8.52. The van der Waals surface area contributed by atoms with E-state index in [0.29, 0.717) is 0 Å². The lowest BCUT2D eigenvalue weighted by Gasteiger charge is -2.12. The van der Waals surface area contributed by atoms with Gasteiger partial charge in [0.15, 0.2) is 0 Å². The number of nitrogens with zero attached hydrogens (tertiary/aromatic N) is 1. The van der Waals surface area contributed by atoms with Gasteiger partial charge in [0.1, 0.15) is 4.38 Å². The van der Waals surface area contributed by atoms with Crippen LogP contribution in [-0.2, 0) is 0 Å². The van der Waals surface area contributed by atoms with Crippen LogP contribution in [0.3, 0.4) is 0 Å². The molecule has 0 saturated carbocycles. The van der Waals surface area contributed by atoms with E-state index in [1.165, 1.54) is 21.0 Å². The molecule has 1 nitrogen and oxygen atoms in total. The molecule has 1 saturated heterocycles. The standard InChI is InChI=1S/C6H11NS3/c1-2-8-4-3-7-6-9-5-10-6/h2-5H2,1H3. The first kappa shape index (κ1) is 8.81. The van der Waals surface area contributed by atoms with E-state index in [1.54, 1.807) is 0 Å². The molecular formula is C6H11NS3. The monoisotopic (exact) mass is 193 g/mol. The average molecular weight is 193 g/mol. The summed E-state index contributed by atoms with van der Waals surface area (Å²) in [7, 11) is 0. The van der Waals surface area contributed by atoms with E-state index in [4.69, 9.17) is 0 Å². The number of rotatable bonds is 4. The van der Waals surface area contributed by atoms with E-state index in [1.807, 2.05) is 35.3 Å². The SMILES string of the molecule is CCSCCN=C1SCS1. The summed E-state index contributed by atoms with van der Waals surface area (Å²) < 4.78 is 1.29. The van der Waals surface area contributed by atoms with Gasteiger partial charge >= 0.3 is 0 Å². The lowest BCUT2D eigenvalue weighted by Crippen LogP contribution is -2.00. The second-order valence-electron chi connectivity index (χ2n) is 1.75. The van der Waals surface area contributed by atoms with Crippen molar-refractivity contribution in [3.8, 4) is 0 Å². The van der Waals surface area contributed by atoms with Crippen LogP contribution in [0.4, 0.5) is 0 Å². The zero-order chi connectivity index (χ0) is 7.23. The summed E-state index contributed by atoms with van der Waals surface area (Å²) in [5, 5.41) is 1.21. The molecule has 0 aromatic carbocycles. The number of hydrogen-bond acceptors (Lipinski definition) is 4. The van der Waals surface area contributed by atoms with E-state index < -0.39 is 0 Å². The molecule has 0 aliphatic carbocycles. The highest BCUT2D eigenvalue weighted by atomic mass is 32.3. The molecule has 10 heavy (non-hydrogen) atoms. The molecule has 1 rings (SSSR count). The molecule has 0 N–H and O–H groups in total. The van der Waals surface area contributed by atoms with Crippen LogP contribution in [0.1, 0.15) is 6.92 Å². The van der Waals surface area contributed by atoms with E-state index in [9.17, 15) is 0 Å². The van der Waals surface area contributed by atoms with Crippen molar-refractivity contribution in [3.05, 3.63) is 0 Å². The summed E-state index contributed by atoms with van der Waals surface area (Å²) in [5.74, 6) is 2.40. The van der Waals surface area contributed by atoms with Crippen molar-refractivity contribution in [3.63, 3.8) is 0 Å². The van der Waals surface area contributed by atoms with Crippen molar-refractivity contribution in [2.75, 3.05) is 23.1 Å². The lowest BCUT2D eigenvalue weighted by molar-refractivity contribution is 1.16. The summed E-state index contributed by atoms with van der Waals surface area (Å²) in [6.07, 6.45) is 0. The smallest absolute Gasteiger partial charge is 0.126 e. The van der Waals surface area contributed by atoms with E-state index in [2.05, 4.69) is 11.9 Å². The summed E-state index contributed by atoms with van der Waals surface area (Å²) in [6.45, 7) is 3.19. The Kier molecular flexibility index (Phi) is 4.74. The minimum atomic E-state index is 1.01. The largest absolute Gasteiger partial charge is 0.271 e. The van der Waals surface area contributed by atoms with Crippen molar-refractivity contribution in [2.24, 2.45) is 4.99 Å². The minimum Gasteiger partial charge on any atom is -0.271 e. The maximum absolute atomic E-state index is 4.39. The molecule has 0 spiro atoms. The average Bonchev–Trinajstić information content (AvgIpc) is 1.84. The normalized spacial score (nSPS) is 16.7. The van der Waals surface area contributed by atoms with Gasteiger partial charge in [0, 0.05) is 12.3 Å². The van der Waals surface area contributed by atoms with Crippen molar-refractivity contribution in [2.45, 2.75) is 6.92 Å². The molecule has 0 atom stereocenters. The predicted molar refractivity (Wildman–Crippen MR) is 55.4 cm³/mol. The van der Waals surface area contributed by atoms with Crippen LogP contribution in [-0.4, -0.2) is 27.5 Å². The van der Waals surface area contributed by atoms with Gasteiger partial charge in [0.2, 0.25) is 0 Å². The van der Waals surface area contributed by atoms with Gasteiger partial charge in [0.25, 0.3) is 0 Å². The summed E-state index contributed by atoms with van der Waals surface area (Å²) in [5.41, 5.74) is 0. The Labute approximate surface area is 74.8 Å². The van der Waals surface area contributed by atoms with Gasteiger partial charge in [-0.25, -0.2) is 0 Å². The zero-order valence-electron chi connectivity index (χ0n) is 6.00. The van der Waals surface area contributed by atoms with Gasteiger partial charge in [-0.15, -0.1) is 0 Å². The van der Waals surface area contributed by atoms with Crippen molar-refractivity contribution < 1.29 is 0 Å². The number of aliphatic imine (C=N–C) groups is 1. The topological polar surface area (TPSA) is 12.4 Å². The number of hydrogen-bond donors (Lipinski definition) is 0. The van der Waals surface area contributed by atoms with E-state index >= 15 is 0 Å². The fourth-order valence-corrected chi connectivity index (χ4v) is 2.32. The van der Waals surface area contributed by atoms with E-state index in [-0.39, 0.29) is 0 Å². The predicted octanol–water partition coefficient (Wildman–Crippen LogP) is 2.53. The quantitative estimate of drug-likeness (QED) is 0.637. The van der Waals surface area contributed by atoms with Crippen LogP contribution < -0.4 is 0 Å². The Morgan fingerprint density at radius 1 is 1.60 bits per heavy atom. The van der Waals surface area contributed by atoms with Crippen LogP contribution in [0, 0.1) is 0 Å². The van der Waals surface area contributed by atoms with Crippen molar-refractivity contribution in [1.29, 1.82) is 0 Å². The van der Waals surface area contributed by atoms with Crippen LogP contribution in [0.5, 0.6) is 0 Å². The molecule has 4 heteroatoms. The maximum atomic E-state index is 4.39. The van der Waals surface area contributed by atoms with Gasteiger partial charge in [-0.3, -0.25) is 4.99 Å². The van der Waals surface area contributed by atoms with Crippen molar-refractivity contribution in [1.82, 2.24) is 0 Å². The minimum absolute atomic E-state index is 1.01. The van der Waals surface area contributed by atoms with Gasteiger partial charge in [-0.05, 0) is 5.75 Å². The molecule has 1 aliphatic heterocycles. The first-order valence-corrected chi connectivity index (χ1v) is 6.44. The second-order valence-corrected chi connectivity index (χ2v) is 5.70. The highest BCUT2D eigenvalue weighted by Crippen LogP contribution is 2.32. The Morgan fingerprint density at radius 2 is 2.40 bits per heavy atom. The summed E-state index contributed by atoms with van der Waals surface area (Å²) in [4.78, 5) is 4.39. The summed E-state index contributed by atoms with van der Waals surface area (Å²) >= 11 is 5.69. The Bertz CT molecular complexity index is 118. The Balaban J connectivity index is 1.93. The second kappa shape index (κ2) is 5.38. The molecule has 0 amide bonds. The maximum Gasteiger partial charge on any atom is 0.126 e. The molecule has 58 valence electrons. The zero-order valence-corrected chi connectivity index (χ0v) is 8.45. The molecular weight excluding hydrogens is 182 g/mol. The van der Waals surface area contributed by atoms with E-state index in [0.717, 1.165) is 6.54 Å². The fourth-order valence-electron chi connectivity index (χ4n) is 0.549. The lowest BCUT2D eigenvalue weighted by atomic mass is 10.8. The highest BCUT2D eigenvalue weighted by Gasteiger charge is 2.10. The molecule has 1 aliphatic rings. The molecule has 1 fully saturated rings.